The van der Waals surface area contributed by atoms with E-state index in [1.807, 2.05) is 54.6 Å². The van der Waals surface area contributed by atoms with Gasteiger partial charge in [0.15, 0.2) is 0 Å². The topological polar surface area (TPSA) is 96.0 Å². The first kappa shape index (κ1) is 34.5. The van der Waals surface area contributed by atoms with Gasteiger partial charge in [-0.2, -0.15) is 0 Å². The average Bonchev–Trinajstić information content (AvgIpc) is 3.59. The quantitative estimate of drug-likeness (QED) is 0.159. The van der Waals surface area contributed by atoms with Gasteiger partial charge in [0.05, 0.1) is 22.7 Å². The van der Waals surface area contributed by atoms with Crippen molar-refractivity contribution in [1.29, 1.82) is 0 Å². The van der Waals surface area contributed by atoms with Gasteiger partial charge in [-0.15, -0.1) is 0 Å². The highest BCUT2D eigenvalue weighted by Crippen LogP contribution is 2.32. The second kappa shape index (κ2) is 15.8. The van der Waals surface area contributed by atoms with Crippen molar-refractivity contribution < 1.29 is 22.7 Å². The van der Waals surface area contributed by atoms with Crippen LogP contribution in [-0.4, -0.2) is 50.9 Å². The minimum atomic E-state index is -4.24. The zero-order valence-electron chi connectivity index (χ0n) is 26.0. The maximum atomic E-state index is 14.6. The van der Waals surface area contributed by atoms with Crippen LogP contribution in [0.2, 0.25) is 5.02 Å². The molecule has 4 aromatic rings. The number of ether oxygens (including phenoxy) is 1. The van der Waals surface area contributed by atoms with Gasteiger partial charge in [0.2, 0.25) is 11.8 Å². The molecule has 0 saturated heterocycles. The van der Waals surface area contributed by atoms with E-state index in [2.05, 4.69) is 21.2 Å². The second-order valence-electron chi connectivity index (χ2n) is 11.5. The van der Waals surface area contributed by atoms with Crippen molar-refractivity contribution in [1.82, 2.24) is 10.2 Å². The number of nitrogens with one attached hydrogen (secondary N) is 1. The van der Waals surface area contributed by atoms with E-state index in [0.29, 0.717) is 5.75 Å². The molecule has 0 unspecified atom stereocenters. The van der Waals surface area contributed by atoms with E-state index in [9.17, 15) is 18.0 Å². The van der Waals surface area contributed by atoms with Crippen molar-refractivity contribution in [2.75, 3.05) is 18.0 Å². The molecule has 1 fully saturated rings. The summed E-state index contributed by atoms with van der Waals surface area (Å²) >= 11 is 9.92. The van der Waals surface area contributed by atoms with E-state index in [1.165, 1.54) is 30.2 Å². The number of anilines is 1. The summed E-state index contributed by atoms with van der Waals surface area (Å²) in [7, 11) is -2.78. The van der Waals surface area contributed by atoms with Gasteiger partial charge in [0, 0.05) is 23.5 Å². The van der Waals surface area contributed by atoms with E-state index in [4.69, 9.17) is 16.3 Å². The van der Waals surface area contributed by atoms with Crippen molar-refractivity contribution in [3.63, 3.8) is 0 Å². The minimum Gasteiger partial charge on any atom is -0.495 e. The second-order valence-corrected chi connectivity index (χ2v) is 14.7. The molecule has 1 aliphatic rings. The number of methoxy groups -OCH3 is 1. The van der Waals surface area contributed by atoms with E-state index in [1.54, 1.807) is 30.3 Å². The zero-order valence-corrected chi connectivity index (χ0v) is 29.2. The monoisotopic (exact) mass is 737 g/mol. The summed E-state index contributed by atoms with van der Waals surface area (Å²) in [5, 5.41) is 3.38. The Hall–Kier alpha value is -3.86. The van der Waals surface area contributed by atoms with Crippen molar-refractivity contribution in [2.24, 2.45) is 0 Å². The summed E-state index contributed by atoms with van der Waals surface area (Å²) in [4.78, 5) is 30.3. The van der Waals surface area contributed by atoms with E-state index >= 15 is 0 Å². The van der Waals surface area contributed by atoms with Gasteiger partial charge in [0.1, 0.15) is 18.3 Å². The number of benzene rings is 4. The molecule has 1 aliphatic carbocycles. The molecule has 8 nitrogen and oxygen atoms in total. The number of rotatable bonds is 13. The van der Waals surface area contributed by atoms with Crippen LogP contribution in [0.1, 0.15) is 36.8 Å². The fourth-order valence-electron chi connectivity index (χ4n) is 5.77. The largest absolute Gasteiger partial charge is 0.495 e. The fourth-order valence-corrected chi connectivity index (χ4v) is 7.71. The molecule has 2 amide bonds. The maximum absolute atomic E-state index is 14.6. The first-order valence-corrected chi connectivity index (χ1v) is 18.1. The number of hydrogen-bond acceptors (Lipinski definition) is 5. The summed E-state index contributed by atoms with van der Waals surface area (Å²) < 4.78 is 35.5. The molecule has 11 heteroatoms. The van der Waals surface area contributed by atoms with E-state index < -0.39 is 28.5 Å². The lowest BCUT2D eigenvalue weighted by atomic mass is 10.0. The lowest BCUT2D eigenvalue weighted by Gasteiger charge is -2.34. The highest BCUT2D eigenvalue weighted by molar-refractivity contribution is 9.10. The third-order valence-electron chi connectivity index (χ3n) is 8.27. The molecule has 0 aliphatic heterocycles. The van der Waals surface area contributed by atoms with E-state index in [-0.39, 0.29) is 40.5 Å². The molecular formula is C36H37BrClN3O5S. The Bertz CT molecular complexity index is 1770. The summed E-state index contributed by atoms with van der Waals surface area (Å²) in [6.45, 7) is -0.483. The van der Waals surface area contributed by atoms with Crippen LogP contribution in [0.3, 0.4) is 0 Å². The fraction of sp³-hybridized carbons (Fsp3) is 0.278. The molecule has 47 heavy (non-hydrogen) atoms. The summed E-state index contributed by atoms with van der Waals surface area (Å²) in [5.41, 5.74) is 1.85. The molecule has 0 spiro atoms. The Kier molecular flexibility index (Phi) is 11.6. The zero-order chi connectivity index (χ0) is 33.4. The number of carbonyl (C=O) groups is 2. The third-order valence-corrected chi connectivity index (χ3v) is 10.9. The first-order chi connectivity index (χ1) is 22.7. The molecule has 4 aromatic carbocycles. The van der Waals surface area contributed by atoms with Gasteiger partial charge in [-0.3, -0.25) is 13.9 Å². The number of halogens is 2. The number of amides is 2. The SMILES string of the molecule is COc1ccc(N(CC(=O)N(Cc2ccc(Br)cc2)[C@H](Cc2ccccc2)C(=O)NC2CCCC2)S(=O)(=O)c2ccccc2)cc1Cl. The maximum Gasteiger partial charge on any atom is 0.264 e. The number of sulfonamides is 1. The summed E-state index contributed by atoms with van der Waals surface area (Å²) in [5.74, 6) is -0.444. The Morgan fingerprint density at radius 2 is 1.55 bits per heavy atom. The number of hydrogen-bond donors (Lipinski definition) is 1. The van der Waals surface area contributed by atoms with Crippen molar-refractivity contribution in [3.8, 4) is 5.75 Å². The lowest BCUT2D eigenvalue weighted by molar-refractivity contribution is -0.140. The minimum absolute atomic E-state index is 0.0130. The molecule has 0 heterocycles. The molecule has 246 valence electrons. The van der Waals surface area contributed by atoms with Crippen LogP contribution < -0.4 is 14.4 Å². The van der Waals surface area contributed by atoms with Gasteiger partial charge in [-0.25, -0.2) is 8.42 Å². The molecular weight excluding hydrogens is 702 g/mol. The van der Waals surface area contributed by atoms with Gasteiger partial charge in [-0.1, -0.05) is 101 Å². The van der Waals surface area contributed by atoms with Crippen molar-refractivity contribution in [2.45, 2.75) is 55.6 Å². The summed E-state index contributed by atoms with van der Waals surface area (Å²) in [6.07, 6.45) is 4.08. The van der Waals surface area contributed by atoms with Crippen LogP contribution in [-0.2, 0) is 32.6 Å². The number of carbonyl (C=O) groups excluding carboxylic acids is 2. The molecule has 1 saturated carbocycles. The smallest absolute Gasteiger partial charge is 0.264 e. The molecule has 1 atom stereocenters. The molecule has 0 aromatic heterocycles. The molecule has 0 radical (unpaired) electrons. The van der Waals surface area contributed by atoms with Gasteiger partial charge in [0.25, 0.3) is 10.0 Å². The summed E-state index contributed by atoms with van der Waals surface area (Å²) in [6, 6.07) is 28.6. The Morgan fingerprint density at radius 3 is 2.17 bits per heavy atom. The Balaban J connectivity index is 1.57. The van der Waals surface area contributed by atoms with Crippen molar-refractivity contribution in [3.05, 3.63) is 124 Å². The Labute approximate surface area is 289 Å². The van der Waals surface area contributed by atoms with Crippen LogP contribution in [0.4, 0.5) is 5.69 Å². The lowest BCUT2D eigenvalue weighted by Crippen LogP contribution is -2.54. The van der Waals surface area contributed by atoms with Gasteiger partial charge in [-0.05, 0) is 66.4 Å². The normalized spacial score (nSPS) is 13.9. The highest BCUT2D eigenvalue weighted by Gasteiger charge is 2.35. The number of nitrogens with zero attached hydrogens (tertiary/aromatic N) is 2. The van der Waals surface area contributed by atoms with Crippen LogP contribution >= 0.6 is 27.5 Å². The highest BCUT2D eigenvalue weighted by atomic mass is 79.9. The van der Waals surface area contributed by atoms with Crippen LogP contribution in [0.5, 0.6) is 5.75 Å². The van der Waals surface area contributed by atoms with Gasteiger partial charge < -0.3 is 15.0 Å². The van der Waals surface area contributed by atoms with Crippen LogP contribution in [0.15, 0.2) is 112 Å². The molecule has 1 N–H and O–H groups in total. The molecule has 0 bridgehead atoms. The van der Waals surface area contributed by atoms with E-state index in [0.717, 1.165) is 45.6 Å². The predicted octanol–water partition coefficient (Wildman–Crippen LogP) is 7.01. The van der Waals surface area contributed by atoms with Gasteiger partial charge >= 0.3 is 0 Å². The predicted molar refractivity (Wildman–Crippen MR) is 188 cm³/mol. The van der Waals surface area contributed by atoms with Crippen LogP contribution in [0.25, 0.3) is 0 Å². The third kappa shape index (κ3) is 8.74. The van der Waals surface area contributed by atoms with Crippen molar-refractivity contribution >= 4 is 55.1 Å². The first-order valence-electron chi connectivity index (χ1n) is 15.5. The molecule has 5 rings (SSSR count). The Morgan fingerprint density at radius 1 is 0.915 bits per heavy atom. The standard InChI is InChI=1S/C36H37BrClN3O5S/c1-46-34-21-20-30(23-32(34)38)41(47(44,45)31-14-6-3-7-15-31)25-35(42)40(24-27-16-18-28(37)19-17-27)33(22-26-10-4-2-5-11-26)36(43)39-29-12-8-9-13-29/h2-7,10-11,14-21,23,29,33H,8-9,12-13,22,24-25H2,1H3,(H,39,43)/t33-/m1/s1. The van der Waals surface area contributed by atoms with Crippen LogP contribution in [0, 0.1) is 0 Å². The average molecular weight is 739 g/mol.